The number of benzene rings is 6. The standard InChI is InChI=1S/C42H30N4O4/c1-47-27-7-13-39-33(19-27)34-20-28(48-2)8-14-40(34)45(39)37-11-5-25(23-43)17-31(37)32-18-26(24-44)6-12-38(32)46-41-15-9-29(49-3)21-35(41)36-22-30(50-4)10-16-42(36)46/h5-22H,1-4H3. The summed E-state index contributed by atoms with van der Waals surface area (Å²) in [5.74, 6) is 2.96. The van der Waals surface area contributed by atoms with Crippen molar-refractivity contribution in [2.24, 2.45) is 0 Å². The van der Waals surface area contributed by atoms with Crippen LogP contribution in [0, 0.1) is 22.7 Å². The molecule has 0 N–H and O–H groups in total. The van der Waals surface area contributed by atoms with Gasteiger partial charge in [0.1, 0.15) is 23.0 Å². The quantitative estimate of drug-likeness (QED) is 0.170. The maximum absolute atomic E-state index is 10.2. The van der Waals surface area contributed by atoms with Gasteiger partial charge in [0.2, 0.25) is 0 Å². The number of rotatable bonds is 7. The minimum Gasteiger partial charge on any atom is -0.497 e. The molecule has 0 bridgehead atoms. The van der Waals surface area contributed by atoms with Crippen LogP contribution in [0.1, 0.15) is 11.1 Å². The Morgan fingerprint density at radius 3 is 0.960 bits per heavy atom. The van der Waals surface area contributed by atoms with E-state index in [-0.39, 0.29) is 0 Å². The molecule has 0 saturated heterocycles. The Labute approximate surface area is 288 Å². The van der Waals surface area contributed by atoms with Crippen molar-refractivity contribution in [3.05, 3.63) is 120 Å². The lowest BCUT2D eigenvalue weighted by Gasteiger charge is -2.19. The summed E-state index contributed by atoms with van der Waals surface area (Å²) in [6.07, 6.45) is 0. The minimum absolute atomic E-state index is 0.498. The molecular formula is C42H30N4O4. The molecule has 0 atom stereocenters. The monoisotopic (exact) mass is 654 g/mol. The topological polar surface area (TPSA) is 94.4 Å². The lowest BCUT2D eigenvalue weighted by molar-refractivity contribution is 0.415. The van der Waals surface area contributed by atoms with Gasteiger partial charge in [0, 0.05) is 32.7 Å². The third kappa shape index (κ3) is 4.66. The van der Waals surface area contributed by atoms with E-state index in [1.54, 1.807) is 28.4 Å². The number of aromatic nitrogens is 2. The molecule has 2 heterocycles. The van der Waals surface area contributed by atoms with Crippen LogP contribution in [0.3, 0.4) is 0 Å². The van der Waals surface area contributed by atoms with Crippen LogP contribution in [-0.2, 0) is 0 Å². The Balaban J connectivity index is 1.50. The molecule has 8 nitrogen and oxygen atoms in total. The van der Waals surface area contributed by atoms with E-state index >= 15 is 0 Å². The molecule has 0 saturated carbocycles. The molecule has 6 aromatic carbocycles. The highest BCUT2D eigenvalue weighted by molar-refractivity contribution is 6.12. The molecule has 8 heteroatoms. The highest BCUT2D eigenvalue weighted by Gasteiger charge is 2.22. The molecule has 50 heavy (non-hydrogen) atoms. The van der Waals surface area contributed by atoms with Gasteiger partial charge in [-0.15, -0.1) is 0 Å². The fraction of sp³-hybridized carbons (Fsp3) is 0.0952. The Bertz CT molecular complexity index is 2430. The van der Waals surface area contributed by atoms with E-state index in [1.165, 1.54) is 0 Å². The average molecular weight is 655 g/mol. The molecule has 0 amide bonds. The fourth-order valence-electron chi connectivity index (χ4n) is 7.02. The third-order valence-electron chi connectivity index (χ3n) is 9.38. The number of hydrogen-bond donors (Lipinski definition) is 0. The SMILES string of the molecule is COc1ccc2c(c1)c1cc(OC)ccc1n2-c1ccc(C#N)cc1-c1cc(C#N)ccc1-n1c2ccc(OC)cc2c2cc(OC)ccc21. The molecule has 0 aliphatic carbocycles. The van der Waals surface area contributed by atoms with Gasteiger partial charge in [0.25, 0.3) is 0 Å². The summed E-state index contributed by atoms with van der Waals surface area (Å²) in [4.78, 5) is 0. The van der Waals surface area contributed by atoms with E-state index in [0.29, 0.717) is 11.1 Å². The zero-order chi connectivity index (χ0) is 34.5. The van der Waals surface area contributed by atoms with Crippen molar-refractivity contribution in [2.45, 2.75) is 0 Å². The van der Waals surface area contributed by atoms with Gasteiger partial charge in [0.05, 0.1) is 85.1 Å². The average Bonchev–Trinajstić information content (AvgIpc) is 3.67. The summed E-state index contributed by atoms with van der Waals surface area (Å²) in [5.41, 5.74) is 8.08. The number of ether oxygens (including phenoxy) is 4. The van der Waals surface area contributed by atoms with Gasteiger partial charge in [-0.05, 0) is 109 Å². The van der Waals surface area contributed by atoms with Crippen LogP contribution in [0.4, 0.5) is 0 Å². The van der Waals surface area contributed by atoms with Gasteiger partial charge in [-0.3, -0.25) is 0 Å². The number of hydrogen-bond acceptors (Lipinski definition) is 6. The first kappa shape index (κ1) is 30.4. The van der Waals surface area contributed by atoms with E-state index < -0.39 is 0 Å². The van der Waals surface area contributed by atoms with Crippen LogP contribution in [-0.4, -0.2) is 37.6 Å². The summed E-state index contributed by atoms with van der Waals surface area (Å²) in [5, 5.41) is 24.3. The van der Waals surface area contributed by atoms with Crippen molar-refractivity contribution in [3.8, 4) is 57.6 Å². The summed E-state index contributed by atoms with van der Waals surface area (Å²) in [7, 11) is 6.63. The molecule has 0 aliphatic rings. The normalized spacial score (nSPS) is 11.2. The number of fused-ring (bicyclic) bond motifs is 6. The van der Waals surface area contributed by atoms with Gasteiger partial charge < -0.3 is 28.1 Å². The van der Waals surface area contributed by atoms with E-state index in [9.17, 15) is 10.5 Å². The van der Waals surface area contributed by atoms with E-state index in [1.807, 2.05) is 109 Å². The zero-order valence-corrected chi connectivity index (χ0v) is 27.8. The summed E-state index contributed by atoms with van der Waals surface area (Å²) >= 11 is 0. The van der Waals surface area contributed by atoms with Crippen molar-refractivity contribution in [1.29, 1.82) is 10.5 Å². The van der Waals surface area contributed by atoms with Gasteiger partial charge >= 0.3 is 0 Å². The summed E-state index contributed by atoms with van der Waals surface area (Å²) in [6, 6.07) is 40.2. The highest BCUT2D eigenvalue weighted by atomic mass is 16.5. The van der Waals surface area contributed by atoms with E-state index in [2.05, 4.69) is 21.3 Å². The van der Waals surface area contributed by atoms with Crippen LogP contribution in [0.15, 0.2) is 109 Å². The second-order valence-electron chi connectivity index (χ2n) is 11.9. The Morgan fingerprint density at radius 1 is 0.400 bits per heavy atom. The minimum atomic E-state index is 0.498. The second kappa shape index (κ2) is 12.0. The summed E-state index contributed by atoms with van der Waals surface area (Å²) in [6.45, 7) is 0. The molecule has 0 fully saturated rings. The zero-order valence-electron chi connectivity index (χ0n) is 27.8. The number of nitriles is 2. The van der Waals surface area contributed by atoms with Gasteiger partial charge in [0.15, 0.2) is 0 Å². The number of methoxy groups -OCH3 is 4. The lowest BCUT2D eigenvalue weighted by Crippen LogP contribution is -2.02. The maximum Gasteiger partial charge on any atom is 0.119 e. The predicted molar refractivity (Wildman–Crippen MR) is 196 cm³/mol. The first-order valence-electron chi connectivity index (χ1n) is 15.9. The molecule has 8 rings (SSSR count). The van der Waals surface area contributed by atoms with Crippen LogP contribution in [0.25, 0.3) is 66.1 Å². The highest BCUT2D eigenvalue weighted by Crippen LogP contribution is 2.43. The molecule has 242 valence electrons. The largest absolute Gasteiger partial charge is 0.497 e. The Kier molecular flexibility index (Phi) is 7.28. The van der Waals surface area contributed by atoms with Crippen molar-refractivity contribution < 1.29 is 18.9 Å². The predicted octanol–water partition coefficient (Wildman–Crippen LogP) is 9.33. The Morgan fingerprint density at radius 2 is 0.700 bits per heavy atom. The first-order chi connectivity index (χ1) is 24.5. The molecule has 0 unspecified atom stereocenters. The van der Waals surface area contributed by atoms with E-state index in [4.69, 9.17) is 18.9 Å². The fourth-order valence-corrected chi connectivity index (χ4v) is 7.02. The number of nitrogens with zero attached hydrogens (tertiary/aromatic N) is 4. The van der Waals surface area contributed by atoms with Crippen molar-refractivity contribution in [3.63, 3.8) is 0 Å². The lowest BCUT2D eigenvalue weighted by atomic mass is 9.97. The van der Waals surface area contributed by atoms with Crippen LogP contribution in [0.5, 0.6) is 23.0 Å². The third-order valence-corrected chi connectivity index (χ3v) is 9.38. The van der Waals surface area contributed by atoms with Crippen LogP contribution in [0.2, 0.25) is 0 Å². The Hall–Kier alpha value is -6.90. The van der Waals surface area contributed by atoms with E-state index in [0.717, 1.165) is 89.1 Å². The molecular weight excluding hydrogens is 624 g/mol. The van der Waals surface area contributed by atoms with Crippen molar-refractivity contribution in [2.75, 3.05) is 28.4 Å². The molecule has 0 aliphatic heterocycles. The first-order valence-corrected chi connectivity index (χ1v) is 15.9. The van der Waals surface area contributed by atoms with Crippen LogP contribution >= 0.6 is 0 Å². The van der Waals surface area contributed by atoms with Gasteiger partial charge in [-0.1, -0.05) is 0 Å². The van der Waals surface area contributed by atoms with Gasteiger partial charge in [-0.25, -0.2) is 0 Å². The van der Waals surface area contributed by atoms with Crippen molar-refractivity contribution >= 4 is 43.6 Å². The summed E-state index contributed by atoms with van der Waals surface area (Å²) < 4.78 is 26.9. The molecule has 2 aromatic heterocycles. The molecule has 0 radical (unpaired) electrons. The molecule has 8 aromatic rings. The van der Waals surface area contributed by atoms with Gasteiger partial charge in [-0.2, -0.15) is 10.5 Å². The van der Waals surface area contributed by atoms with Crippen LogP contribution < -0.4 is 18.9 Å². The second-order valence-corrected chi connectivity index (χ2v) is 11.9. The van der Waals surface area contributed by atoms with Crippen molar-refractivity contribution in [1.82, 2.24) is 9.13 Å². The smallest absolute Gasteiger partial charge is 0.119 e. The maximum atomic E-state index is 10.2. The molecule has 0 spiro atoms.